The number of hydrogen-bond acceptors (Lipinski definition) is 2. The molecule has 1 N–H and O–H groups in total. The van der Waals surface area contributed by atoms with Gasteiger partial charge in [-0.15, -0.1) is 0 Å². The Kier molecular flexibility index (Phi) is 4.80. The van der Waals surface area contributed by atoms with Crippen LogP contribution >= 0.6 is 0 Å². The fourth-order valence-electron chi connectivity index (χ4n) is 3.78. The van der Waals surface area contributed by atoms with E-state index in [2.05, 4.69) is 74.4 Å². The number of nitrogens with zero attached hydrogens (tertiary/aromatic N) is 1. The van der Waals surface area contributed by atoms with Crippen LogP contribution < -0.4 is 5.32 Å². The molecule has 1 aliphatic carbocycles. The summed E-state index contributed by atoms with van der Waals surface area (Å²) >= 11 is 0. The van der Waals surface area contributed by atoms with Crippen molar-refractivity contribution in [2.45, 2.75) is 45.4 Å². The van der Waals surface area contributed by atoms with Crippen LogP contribution in [0.5, 0.6) is 0 Å². The van der Waals surface area contributed by atoms with Gasteiger partial charge in [-0.3, -0.25) is 4.99 Å². The molecule has 2 aromatic rings. The van der Waals surface area contributed by atoms with Crippen LogP contribution in [-0.2, 0) is 5.41 Å². The van der Waals surface area contributed by atoms with Gasteiger partial charge in [-0.25, -0.2) is 0 Å². The molecule has 0 fully saturated rings. The van der Waals surface area contributed by atoms with Crippen LogP contribution in [-0.4, -0.2) is 13.3 Å². The van der Waals surface area contributed by atoms with Crippen LogP contribution in [0.15, 0.2) is 53.7 Å². The van der Waals surface area contributed by atoms with Crippen LogP contribution in [0.4, 0.5) is 5.69 Å². The van der Waals surface area contributed by atoms with Crippen molar-refractivity contribution >= 4 is 11.9 Å². The highest BCUT2D eigenvalue weighted by Gasteiger charge is 2.36. The normalized spacial score (nSPS) is 16.2. The minimum atomic E-state index is 0.0327. The summed E-state index contributed by atoms with van der Waals surface area (Å²) in [5, 5.41) is 3.49. The summed E-state index contributed by atoms with van der Waals surface area (Å²) < 4.78 is 0. The first kappa shape index (κ1) is 17.5. The second-order valence-electron chi connectivity index (χ2n) is 7.38. The quantitative estimate of drug-likeness (QED) is 0.654. The average molecular weight is 332 g/mol. The van der Waals surface area contributed by atoms with Gasteiger partial charge in [0, 0.05) is 30.6 Å². The van der Waals surface area contributed by atoms with Crippen LogP contribution in [0.2, 0.25) is 0 Å². The molecule has 0 saturated heterocycles. The van der Waals surface area contributed by atoms with Gasteiger partial charge in [-0.05, 0) is 58.4 Å². The highest BCUT2D eigenvalue weighted by molar-refractivity contribution is 5.84. The Balaban J connectivity index is 2.15. The maximum absolute atomic E-state index is 4.00. The van der Waals surface area contributed by atoms with Crippen molar-refractivity contribution < 1.29 is 0 Å². The Morgan fingerprint density at radius 3 is 2.60 bits per heavy atom. The van der Waals surface area contributed by atoms with Crippen molar-refractivity contribution in [1.29, 1.82) is 0 Å². The highest BCUT2D eigenvalue weighted by atomic mass is 14.8. The third kappa shape index (κ3) is 3.02. The third-order valence-corrected chi connectivity index (χ3v) is 5.47. The number of anilines is 1. The molecule has 0 amide bonds. The summed E-state index contributed by atoms with van der Waals surface area (Å²) in [6, 6.07) is 13.6. The highest BCUT2D eigenvalue weighted by Crippen LogP contribution is 2.50. The van der Waals surface area contributed by atoms with E-state index in [1.807, 2.05) is 12.3 Å². The lowest BCUT2D eigenvalue weighted by atomic mass is 9.81. The monoisotopic (exact) mass is 332 g/mol. The molecule has 0 heterocycles. The molecular formula is C23H28N2. The summed E-state index contributed by atoms with van der Waals surface area (Å²) in [7, 11) is 1.78. The Bertz CT molecular complexity index is 828. The molecule has 0 aliphatic heterocycles. The number of hydrogen-bond donors (Lipinski definition) is 1. The first-order valence-electron chi connectivity index (χ1n) is 9.12. The molecule has 2 heteroatoms. The van der Waals surface area contributed by atoms with E-state index < -0.39 is 0 Å². The lowest BCUT2D eigenvalue weighted by Crippen LogP contribution is -2.15. The first-order chi connectivity index (χ1) is 12.0. The molecule has 0 radical (unpaired) electrons. The van der Waals surface area contributed by atoms with E-state index >= 15 is 0 Å². The minimum Gasteiger partial charge on any atom is -0.361 e. The second-order valence-corrected chi connectivity index (χ2v) is 7.38. The van der Waals surface area contributed by atoms with E-state index in [-0.39, 0.29) is 5.41 Å². The predicted molar refractivity (Wildman–Crippen MR) is 110 cm³/mol. The zero-order chi connectivity index (χ0) is 18.0. The molecule has 1 aliphatic rings. The lowest BCUT2D eigenvalue weighted by molar-refractivity contribution is 0.659. The van der Waals surface area contributed by atoms with Gasteiger partial charge in [0.1, 0.15) is 0 Å². The van der Waals surface area contributed by atoms with Gasteiger partial charge < -0.3 is 5.32 Å². The van der Waals surface area contributed by atoms with Crippen molar-refractivity contribution in [3.05, 3.63) is 65.4 Å². The Morgan fingerprint density at radius 1 is 1.12 bits per heavy atom. The van der Waals surface area contributed by atoms with Gasteiger partial charge in [-0.2, -0.15) is 0 Å². The number of aliphatic imine (C=N–C) groups is 1. The molecule has 1 unspecified atom stereocenters. The van der Waals surface area contributed by atoms with E-state index in [0.717, 1.165) is 6.42 Å². The second kappa shape index (κ2) is 6.87. The number of rotatable bonds is 5. The molecule has 130 valence electrons. The van der Waals surface area contributed by atoms with E-state index in [4.69, 9.17) is 0 Å². The fraction of sp³-hybridized carbons (Fsp3) is 0.348. The molecular weight excluding hydrogens is 304 g/mol. The van der Waals surface area contributed by atoms with E-state index in [0.29, 0.717) is 5.92 Å². The summed E-state index contributed by atoms with van der Waals surface area (Å²) in [6.07, 6.45) is 6.82. The standard InChI is InChI=1S/C23H28N2/c1-6-16(2)18-14-19-17-10-7-8-11-20(17)23(3,4)21(19)15-22(18)25-13-9-12-24-5/h7-16,25H,6H2,1-5H3/b13-9-,24-12?. The number of fused-ring (bicyclic) bond motifs is 3. The van der Waals surface area contributed by atoms with Gasteiger partial charge in [-0.1, -0.05) is 52.0 Å². The zero-order valence-corrected chi connectivity index (χ0v) is 15.9. The Labute approximate surface area is 151 Å². The van der Waals surface area contributed by atoms with Crippen molar-refractivity contribution in [2.24, 2.45) is 4.99 Å². The van der Waals surface area contributed by atoms with Gasteiger partial charge in [0.15, 0.2) is 0 Å². The molecule has 2 aromatic carbocycles. The van der Waals surface area contributed by atoms with Crippen LogP contribution in [0.3, 0.4) is 0 Å². The van der Waals surface area contributed by atoms with Crippen molar-refractivity contribution in [3.63, 3.8) is 0 Å². The molecule has 0 spiro atoms. The van der Waals surface area contributed by atoms with Crippen LogP contribution in [0, 0.1) is 0 Å². The molecule has 25 heavy (non-hydrogen) atoms. The number of benzene rings is 2. The van der Waals surface area contributed by atoms with Crippen molar-refractivity contribution in [2.75, 3.05) is 12.4 Å². The van der Waals surface area contributed by atoms with Gasteiger partial charge in [0.25, 0.3) is 0 Å². The molecule has 3 rings (SSSR count). The number of nitrogens with one attached hydrogen (secondary N) is 1. The van der Waals surface area contributed by atoms with Gasteiger partial charge in [0.05, 0.1) is 0 Å². The largest absolute Gasteiger partial charge is 0.361 e. The summed E-state index contributed by atoms with van der Waals surface area (Å²) in [5.41, 5.74) is 8.21. The van der Waals surface area contributed by atoms with Crippen LogP contribution in [0.1, 0.15) is 56.7 Å². The average Bonchev–Trinajstić information content (AvgIpc) is 2.85. The van der Waals surface area contributed by atoms with Crippen LogP contribution in [0.25, 0.3) is 11.1 Å². The van der Waals surface area contributed by atoms with Crippen molar-refractivity contribution in [3.8, 4) is 11.1 Å². The topological polar surface area (TPSA) is 24.4 Å². The summed E-state index contributed by atoms with van der Waals surface area (Å²) in [4.78, 5) is 4.00. The molecule has 0 saturated carbocycles. The molecule has 2 nitrogen and oxygen atoms in total. The van der Waals surface area contributed by atoms with Gasteiger partial charge >= 0.3 is 0 Å². The predicted octanol–water partition coefficient (Wildman–Crippen LogP) is 6.13. The van der Waals surface area contributed by atoms with E-state index in [1.54, 1.807) is 13.3 Å². The summed E-state index contributed by atoms with van der Waals surface area (Å²) in [6.45, 7) is 9.20. The molecule has 0 aromatic heterocycles. The SMILES string of the molecule is CCC(C)c1cc2c(cc1N/C=C\C=NC)C(C)(C)c1ccccc1-2. The minimum absolute atomic E-state index is 0.0327. The van der Waals surface area contributed by atoms with E-state index in [1.165, 1.54) is 33.5 Å². The smallest absolute Gasteiger partial charge is 0.0418 e. The lowest BCUT2D eigenvalue weighted by Gasteiger charge is -2.24. The Morgan fingerprint density at radius 2 is 1.88 bits per heavy atom. The molecule has 0 bridgehead atoms. The third-order valence-electron chi connectivity index (χ3n) is 5.47. The number of allylic oxidation sites excluding steroid dienone is 1. The van der Waals surface area contributed by atoms with E-state index in [9.17, 15) is 0 Å². The Hall–Kier alpha value is -2.35. The summed E-state index contributed by atoms with van der Waals surface area (Å²) in [5.74, 6) is 0.511. The maximum Gasteiger partial charge on any atom is 0.0418 e. The van der Waals surface area contributed by atoms with Gasteiger partial charge in [0.2, 0.25) is 0 Å². The maximum atomic E-state index is 4.00. The zero-order valence-electron chi connectivity index (χ0n) is 15.9. The molecule has 1 atom stereocenters. The van der Waals surface area contributed by atoms with Crippen molar-refractivity contribution in [1.82, 2.24) is 0 Å². The fourth-order valence-corrected chi connectivity index (χ4v) is 3.78. The first-order valence-corrected chi connectivity index (χ1v) is 9.12.